The normalized spacial score (nSPS) is 13.6. The largest absolute Gasteiger partial charge is 0.370 e. The molecule has 0 unspecified atom stereocenters. The lowest BCUT2D eigenvalue weighted by atomic mass is 10.0. The molecule has 0 aliphatic rings. The Morgan fingerprint density at radius 3 is 1.90 bits per heavy atom. The standard InChI is InChI=1S/C43H59N15O8S/c1-67-15-13-28(44)37(61)55-34(19-35(45)59)42(66)58-33(18-26-21-49-23-53-26)41(65)56-31(16-24-8-3-2-4-9-24)40(64)54-30(12-7-14-50-43(47)48)39(63)57-32(38(62)52-22-36(46)60)17-25-20-51-29-11-6-5-10-27(25)29/h2-6,8-11,20-21,23,28,30-34,51H,7,12-19,22,44H2,1H3,(H2,45,59)(H2,46,60)(H,49,53)(H,52,62)(H,54,64)(H,55,61)(H,56,65)(H,57,63)(H,58,66)(H4,47,48,50)/t28-,30-,31+,32-,33-,34-/m0/s1. The van der Waals surface area contributed by atoms with Crippen LogP contribution in [0.4, 0.5) is 0 Å². The Hall–Kier alpha value is -7.47. The molecule has 2 heterocycles. The molecule has 18 N–H and O–H groups in total. The molecule has 23 nitrogen and oxygen atoms in total. The van der Waals surface area contributed by atoms with Gasteiger partial charge in [-0.1, -0.05) is 48.5 Å². The highest BCUT2D eigenvalue weighted by Crippen LogP contribution is 2.19. The summed E-state index contributed by atoms with van der Waals surface area (Å²) in [5.74, 6) is -6.22. The van der Waals surface area contributed by atoms with Crippen LogP contribution < -0.4 is 60.6 Å². The number of nitrogens with two attached hydrogens (primary N) is 5. The van der Waals surface area contributed by atoms with E-state index in [-0.39, 0.29) is 51.0 Å². The molecule has 0 radical (unpaired) electrons. The lowest BCUT2D eigenvalue weighted by Crippen LogP contribution is -2.60. The molecular formula is C43H59N15O8S. The minimum atomic E-state index is -1.51. The van der Waals surface area contributed by atoms with Crippen LogP contribution in [0.3, 0.4) is 0 Å². The SMILES string of the molecule is CSCC[C@H](N)C(=O)N[C@@H](CC(N)=O)C(=O)N[C@@H](Cc1cnc[nH]1)C(=O)N[C@H](Cc1ccccc1)C(=O)N[C@@H](CCCN=C(N)N)C(=O)N[C@@H](Cc1c[nH]c2ccccc12)C(=O)NCC(N)=O. The average Bonchev–Trinajstić information content (AvgIpc) is 3.97. The Labute approximate surface area is 390 Å². The number of rotatable bonds is 28. The number of hydrogen-bond acceptors (Lipinski definition) is 12. The second kappa shape index (κ2) is 26.5. The first-order chi connectivity index (χ1) is 32.0. The van der Waals surface area contributed by atoms with Gasteiger partial charge in [0.05, 0.1) is 25.3 Å². The third-order valence-corrected chi connectivity index (χ3v) is 10.9. The van der Waals surface area contributed by atoms with Gasteiger partial charge >= 0.3 is 0 Å². The Bertz CT molecular complexity index is 2340. The van der Waals surface area contributed by atoms with Gasteiger partial charge < -0.3 is 70.5 Å². The van der Waals surface area contributed by atoms with E-state index in [9.17, 15) is 38.4 Å². The Balaban J connectivity index is 1.64. The van der Waals surface area contributed by atoms with Crippen molar-refractivity contribution in [3.05, 3.63) is 90.1 Å². The summed E-state index contributed by atoms with van der Waals surface area (Å²) in [5, 5.41) is 16.4. The molecule has 0 saturated carbocycles. The molecule has 67 heavy (non-hydrogen) atoms. The van der Waals surface area contributed by atoms with Crippen LogP contribution in [0.5, 0.6) is 0 Å². The maximum absolute atomic E-state index is 14.5. The maximum Gasteiger partial charge on any atom is 0.243 e. The zero-order valence-corrected chi connectivity index (χ0v) is 37.7. The topological polar surface area (TPSA) is 396 Å². The molecule has 4 aromatic rings. The summed E-state index contributed by atoms with van der Waals surface area (Å²) in [5.41, 5.74) is 30.3. The third kappa shape index (κ3) is 17.5. The molecule has 0 bridgehead atoms. The summed E-state index contributed by atoms with van der Waals surface area (Å²) in [6.45, 7) is -0.437. The number of carbonyl (C=O) groups is 8. The lowest BCUT2D eigenvalue weighted by molar-refractivity contribution is -0.135. The summed E-state index contributed by atoms with van der Waals surface area (Å²) >= 11 is 1.46. The number of nitrogens with zero attached hydrogens (tertiary/aromatic N) is 2. The van der Waals surface area contributed by atoms with Gasteiger partial charge in [-0.05, 0) is 48.5 Å². The van der Waals surface area contributed by atoms with Gasteiger partial charge in [0.1, 0.15) is 30.2 Å². The fraction of sp³-hybridized carbons (Fsp3) is 0.395. The van der Waals surface area contributed by atoms with Gasteiger partial charge in [-0.25, -0.2) is 4.98 Å². The predicted molar refractivity (Wildman–Crippen MR) is 251 cm³/mol. The Kier molecular flexibility index (Phi) is 20.6. The van der Waals surface area contributed by atoms with E-state index >= 15 is 0 Å². The number of H-pyrrole nitrogens is 2. The number of amides is 8. The van der Waals surface area contributed by atoms with Crippen molar-refractivity contribution in [1.82, 2.24) is 46.9 Å². The van der Waals surface area contributed by atoms with Crippen molar-refractivity contribution in [3.63, 3.8) is 0 Å². The smallest absolute Gasteiger partial charge is 0.243 e. The average molecular weight is 946 g/mol. The van der Waals surface area contributed by atoms with E-state index < -0.39 is 96.5 Å². The molecule has 0 saturated heterocycles. The van der Waals surface area contributed by atoms with Crippen LogP contribution in [-0.4, -0.2) is 130 Å². The number of fused-ring (bicyclic) bond motifs is 1. The highest BCUT2D eigenvalue weighted by Gasteiger charge is 2.34. The molecule has 360 valence electrons. The second-order valence-electron chi connectivity index (χ2n) is 15.5. The van der Waals surface area contributed by atoms with Gasteiger partial charge in [-0.15, -0.1) is 0 Å². The zero-order chi connectivity index (χ0) is 48.9. The predicted octanol–water partition coefficient (Wildman–Crippen LogP) is -3.05. The number of imidazole rings is 1. The van der Waals surface area contributed by atoms with E-state index in [0.717, 1.165) is 10.9 Å². The molecule has 0 aliphatic heterocycles. The van der Waals surface area contributed by atoms with E-state index in [1.54, 1.807) is 36.5 Å². The van der Waals surface area contributed by atoms with Gasteiger partial charge in [0.25, 0.3) is 0 Å². The fourth-order valence-electron chi connectivity index (χ4n) is 6.84. The summed E-state index contributed by atoms with van der Waals surface area (Å²) in [6.07, 6.45) is 5.78. The van der Waals surface area contributed by atoms with Crippen molar-refractivity contribution in [1.29, 1.82) is 0 Å². The number of benzene rings is 2. The van der Waals surface area contributed by atoms with Crippen molar-refractivity contribution >= 4 is 75.9 Å². The van der Waals surface area contributed by atoms with Gasteiger partial charge in [-0.3, -0.25) is 43.3 Å². The van der Waals surface area contributed by atoms with Gasteiger partial charge in [0.2, 0.25) is 47.3 Å². The summed E-state index contributed by atoms with van der Waals surface area (Å²) < 4.78 is 0. The summed E-state index contributed by atoms with van der Waals surface area (Å²) in [6, 6.07) is 8.03. The minimum absolute atomic E-state index is 0.0278. The molecule has 4 rings (SSSR count). The van der Waals surface area contributed by atoms with Crippen molar-refractivity contribution < 1.29 is 38.4 Å². The number of primary amides is 2. The minimum Gasteiger partial charge on any atom is -0.370 e. The van der Waals surface area contributed by atoms with Crippen LogP contribution >= 0.6 is 11.8 Å². The molecule has 8 amide bonds. The first-order valence-corrected chi connectivity index (χ1v) is 22.7. The quantitative estimate of drug-likeness (QED) is 0.0153. The van der Waals surface area contributed by atoms with Crippen molar-refractivity contribution in [2.24, 2.45) is 33.7 Å². The molecule has 6 atom stereocenters. The Morgan fingerprint density at radius 1 is 0.672 bits per heavy atom. The van der Waals surface area contributed by atoms with E-state index in [0.29, 0.717) is 22.6 Å². The van der Waals surface area contributed by atoms with Crippen LogP contribution in [0, 0.1) is 0 Å². The highest BCUT2D eigenvalue weighted by molar-refractivity contribution is 7.98. The van der Waals surface area contributed by atoms with Crippen molar-refractivity contribution in [3.8, 4) is 0 Å². The van der Waals surface area contributed by atoms with Crippen molar-refractivity contribution in [2.75, 3.05) is 25.1 Å². The number of nitrogens with one attached hydrogen (secondary N) is 8. The van der Waals surface area contributed by atoms with E-state index in [2.05, 4.69) is 51.8 Å². The van der Waals surface area contributed by atoms with Crippen molar-refractivity contribution in [2.45, 2.75) is 81.2 Å². The highest BCUT2D eigenvalue weighted by atomic mass is 32.2. The monoisotopic (exact) mass is 945 g/mol. The van der Waals surface area contributed by atoms with Gasteiger partial charge in [0.15, 0.2) is 5.96 Å². The Morgan fingerprint density at radius 2 is 1.27 bits per heavy atom. The first-order valence-electron chi connectivity index (χ1n) is 21.3. The molecule has 0 fully saturated rings. The molecule has 24 heteroatoms. The number of thioether (sulfide) groups is 1. The molecule has 2 aromatic carbocycles. The molecule has 2 aromatic heterocycles. The van der Waals surface area contributed by atoms with Gasteiger partial charge in [-0.2, -0.15) is 11.8 Å². The number of para-hydroxylation sites is 1. The number of aromatic nitrogens is 3. The van der Waals surface area contributed by atoms with Crippen LogP contribution in [0.25, 0.3) is 10.9 Å². The number of aromatic amines is 2. The molecule has 0 spiro atoms. The van der Waals surface area contributed by atoms with E-state index in [4.69, 9.17) is 28.7 Å². The molecular weight excluding hydrogens is 887 g/mol. The van der Waals surface area contributed by atoms with Crippen LogP contribution in [0.2, 0.25) is 0 Å². The van der Waals surface area contributed by atoms with Crippen LogP contribution in [0.1, 0.15) is 42.5 Å². The van der Waals surface area contributed by atoms with E-state index in [1.807, 2.05) is 30.5 Å². The number of carbonyl (C=O) groups excluding carboxylic acids is 8. The number of hydrogen-bond donors (Lipinski definition) is 13. The van der Waals surface area contributed by atoms with Gasteiger partial charge in [0, 0.05) is 54.8 Å². The molecule has 0 aliphatic carbocycles. The summed E-state index contributed by atoms with van der Waals surface area (Å²) in [7, 11) is 0. The third-order valence-electron chi connectivity index (χ3n) is 10.3. The van der Waals surface area contributed by atoms with Crippen LogP contribution in [0.15, 0.2) is 78.3 Å². The summed E-state index contributed by atoms with van der Waals surface area (Å²) in [4.78, 5) is 121. The maximum atomic E-state index is 14.5. The first kappa shape index (κ1) is 52.2. The van der Waals surface area contributed by atoms with Crippen LogP contribution in [-0.2, 0) is 57.6 Å². The zero-order valence-electron chi connectivity index (χ0n) is 36.9. The fourth-order valence-corrected chi connectivity index (χ4v) is 7.33. The number of guanidine groups is 1. The lowest BCUT2D eigenvalue weighted by Gasteiger charge is -2.27. The van der Waals surface area contributed by atoms with E-state index in [1.165, 1.54) is 24.3 Å². The number of aliphatic imine (C=N–C) groups is 1. The second-order valence-corrected chi connectivity index (χ2v) is 16.5.